The van der Waals surface area contributed by atoms with Gasteiger partial charge in [-0.25, -0.2) is 0 Å². The van der Waals surface area contributed by atoms with Crippen molar-refractivity contribution in [2.24, 2.45) is 0 Å². The first-order valence-electron chi connectivity index (χ1n) is 7.70. The van der Waals surface area contributed by atoms with Gasteiger partial charge in [-0.3, -0.25) is 9.78 Å². The minimum Gasteiger partial charge on any atom is -0.340 e. The molecule has 2 heterocycles. The van der Waals surface area contributed by atoms with Gasteiger partial charge >= 0.3 is 0 Å². The number of piperidine rings is 1. The summed E-state index contributed by atoms with van der Waals surface area (Å²) >= 11 is 0. The number of hydrogen-bond acceptors (Lipinski definition) is 3. The normalized spacial score (nSPS) is 16.1. The highest BCUT2D eigenvalue weighted by Crippen LogP contribution is 2.15. The van der Waals surface area contributed by atoms with Crippen molar-refractivity contribution in [3.8, 4) is 0 Å². The van der Waals surface area contributed by atoms with Crippen LogP contribution >= 0.6 is 0 Å². The third-order valence-corrected chi connectivity index (χ3v) is 3.88. The van der Waals surface area contributed by atoms with Gasteiger partial charge in [-0.15, -0.1) is 0 Å². The molecule has 20 heavy (non-hydrogen) atoms. The fraction of sp³-hybridized carbons (Fsp3) is 0.625. The summed E-state index contributed by atoms with van der Waals surface area (Å²) < 4.78 is 0. The molecule has 2 rings (SSSR count). The molecule has 0 radical (unpaired) electrons. The fourth-order valence-electron chi connectivity index (χ4n) is 2.81. The Bertz CT molecular complexity index is 401. The summed E-state index contributed by atoms with van der Waals surface area (Å²) in [5.74, 6) is 0.294. The van der Waals surface area contributed by atoms with Gasteiger partial charge in [-0.2, -0.15) is 0 Å². The van der Waals surface area contributed by atoms with Crippen molar-refractivity contribution >= 4 is 5.91 Å². The van der Waals surface area contributed by atoms with Gasteiger partial charge in [-0.1, -0.05) is 13.0 Å². The highest BCUT2D eigenvalue weighted by atomic mass is 16.2. The van der Waals surface area contributed by atoms with Crippen LogP contribution in [0.4, 0.5) is 0 Å². The summed E-state index contributed by atoms with van der Waals surface area (Å²) in [5, 5.41) is 3.36. The van der Waals surface area contributed by atoms with Crippen LogP contribution in [-0.4, -0.2) is 41.5 Å². The molecule has 1 saturated heterocycles. The number of aromatic nitrogens is 1. The first-order valence-corrected chi connectivity index (χ1v) is 7.70. The quantitative estimate of drug-likeness (QED) is 0.863. The van der Waals surface area contributed by atoms with Crippen LogP contribution in [0, 0.1) is 0 Å². The summed E-state index contributed by atoms with van der Waals surface area (Å²) in [6.45, 7) is 5.08. The molecule has 1 amide bonds. The van der Waals surface area contributed by atoms with E-state index >= 15 is 0 Å². The van der Waals surface area contributed by atoms with Crippen LogP contribution in [0.1, 0.15) is 38.2 Å². The standard InChI is InChI=1S/C16H25N3O/c1-2-12-19(15-7-10-17-11-8-15)16(20)6-5-14-4-3-9-18-13-14/h3-4,9,13,15,17H,2,5-8,10-12H2,1H3. The molecule has 110 valence electrons. The highest BCUT2D eigenvalue weighted by Gasteiger charge is 2.24. The van der Waals surface area contributed by atoms with Crippen molar-refractivity contribution < 1.29 is 4.79 Å². The van der Waals surface area contributed by atoms with Gasteiger partial charge in [0.25, 0.3) is 0 Å². The van der Waals surface area contributed by atoms with E-state index < -0.39 is 0 Å². The van der Waals surface area contributed by atoms with Crippen LogP contribution in [-0.2, 0) is 11.2 Å². The lowest BCUT2D eigenvalue weighted by atomic mass is 10.0. The SMILES string of the molecule is CCCN(C(=O)CCc1cccnc1)C1CCNCC1. The largest absolute Gasteiger partial charge is 0.340 e. The first-order chi connectivity index (χ1) is 9.81. The maximum atomic E-state index is 12.5. The van der Waals surface area contributed by atoms with Crippen molar-refractivity contribution in [3.63, 3.8) is 0 Å². The van der Waals surface area contributed by atoms with Crippen molar-refractivity contribution in [2.45, 2.75) is 45.1 Å². The molecule has 0 aliphatic carbocycles. The number of amides is 1. The maximum Gasteiger partial charge on any atom is 0.223 e. The zero-order chi connectivity index (χ0) is 14.2. The van der Waals surface area contributed by atoms with E-state index in [4.69, 9.17) is 0 Å². The van der Waals surface area contributed by atoms with Gasteiger partial charge in [-0.05, 0) is 50.4 Å². The molecule has 4 heteroatoms. The molecule has 0 saturated carbocycles. The number of hydrogen-bond donors (Lipinski definition) is 1. The zero-order valence-corrected chi connectivity index (χ0v) is 12.3. The Labute approximate surface area is 121 Å². The Morgan fingerprint density at radius 2 is 2.25 bits per heavy atom. The van der Waals surface area contributed by atoms with Crippen molar-refractivity contribution in [1.82, 2.24) is 15.2 Å². The van der Waals surface area contributed by atoms with E-state index in [2.05, 4.69) is 22.1 Å². The van der Waals surface area contributed by atoms with Crippen LogP contribution in [0.2, 0.25) is 0 Å². The molecular weight excluding hydrogens is 250 g/mol. The Balaban J connectivity index is 1.89. The van der Waals surface area contributed by atoms with Crippen LogP contribution < -0.4 is 5.32 Å². The molecule has 1 fully saturated rings. The summed E-state index contributed by atoms with van der Waals surface area (Å²) in [4.78, 5) is 18.7. The maximum absolute atomic E-state index is 12.5. The number of carbonyl (C=O) groups is 1. The zero-order valence-electron chi connectivity index (χ0n) is 12.3. The molecular formula is C16H25N3O. The van der Waals surface area contributed by atoms with Gasteiger partial charge in [0.05, 0.1) is 0 Å². The van der Waals surface area contributed by atoms with E-state index in [9.17, 15) is 4.79 Å². The second kappa shape index (κ2) is 8.00. The average Bonchev–Trinajstić information content (AvgIpc) is 2.52. The topological polar surface area (TPSA) is 45.2 Å². The second-order valence-electron chi connectivity index (χ2n) is 5.43. The van der Waals surface area contributed by atoms with Crippen LogP contribution in [0.3, 0.4) is 0 Å². The van der Waals surface area contributed by atoms with Gasteiger partial charge in [0.2, 0.25) is 5.91 Å². The van der Waals surface area contributed by atoms with E-state index in [0.29, 0.717) is 18.4 Å². The van der Waals surface area contributed by atoms with E-state index in [-0.39, 0.29) is 0 Å². The molecule has 0 unspecified atom stereocenters. The molecule has 0 aromatic carbocycles. The highest BCUT2D eigenvalue weighted by molar-refractivity contribution is 5.76. The van der Waals surface area contributed by atoms with Crippen LogP contribution in [0.15, 0.2) is 24.5 Å². The van der Waals surface area contributed by atoms with Crippen LogP contribution in [0.25, 0.3) is 0 Å². The fourth-order valence-corrected chi connectivity index (χ4v) is 2.81. The molecule has 1 aromatic heterocycles. The number of nitrogens with one attached hydrogen (secondary N) is 1. The van der Waals surface area contributed by atoms with Gasteiger partial charge < -0.3 is 10.2 Å². The lowest BCUT2D eigenvalue weighted by molar-refractivity contribution is -0.134. The Morgan fingerprint density at radius 3 is 2.90 bits per heavy atom. The molecule has 1 aliphatic heterocycles. The third-order valence-electron chi connectivity index (χ3n) is 3.88. The lowest BCUT2D eigenvalue weighted by Crippen LogP contribution is -2.46. The molecule has 1 N–H and O–H groups in total. The van der Waals surface area contributed by atoms with Crippen molar-refractivity contribution in [1.29, 1.82) is 0 Å². The molecule has 0 spiro atoms. The number of carbonyl (C=O) groups excluding carboxylic acids is 1. The van der Waals surface area contributed by atoms with Gasteiger partial charge in [0.15, 0.2) is 0 Å². The lowest BCUT2D eigenvalue weighted by Gasteiger charge is -2.34. The predicted octanol–water partition coefficient (Wildman–Crippen LogP) is 2.00. The number of pyridine rings is 1. The van der Waals surface area contributed by atoms with Crippen molar-refractivity contribution in [3.05, 3.63) is 30.1 Å². The Morgan fingerprint density at radius 1 is 1.45 bits per heavy atom. The molecule has 0 atom stereocenters. The van der Waals surface area contributed by atoms with Crippen molar-refractivity contribution in [2.75, 3.05) is 19.6 Å². The molecule has 4 nitrogen and oxygen atoms in total. The van der Waals surface area contributed by atoms with Gasteiger partial charge in [0, 0.05) is 31.4 Å². The minimum atomic E-state index is 0.294. The summed E-state index contributed by atoms with van der Waals surface area (Å²) in [6.07, 6.45) is 8.19. The Hall–Kier alpha value is -1.42. The van der Waals surface area contributed by atoms with Crippen LogP contribution in [0.5, 0.6) is 0 Å². The molecule has 1 aliphatic rings. The minimum absolute atomic E-state index is 0.294. The monoisotopic (exact) mass is 275 g/mol. The van der Waals surface area contributed by atoms with E-state index in [1.165, 1.54) is 0 Å². The van der Waals surface area contributed by atoms with Gasteiger partial charge in [0.1, 0.15) is 0 Å². The number of rotatable bonds is 6. The van der Waals surface area contributed by atoms with E-state index in [1.807, 2.05) is 18.3 Å². The predicted molar refractivity (Wildman–Crippen MR) is 80.5 cm³/mol. The Kier molecular flexibility index (Phi) is 5.99. The molecule has 0 bridgehead atoms. The third kappa shape index (κ3) is 4.30. The summed E-state index contributed by atoms with van der Waals surface area (Å²) in [5.41, 5.74) is 1.14. The van der Waals surface area contributed by atoms with E-state index in [1.54, 1.807) is 6.20 Å². The smallest absolute Gasteiger partial charge is 0.223 e. The van der Waals surface area contributed by atoms with E-state index in [0.717, 1.165) is 50.9 Å². The first kappa shape index (κ1) is 15.0. The second-order valence-corrected chi connectivity index (χ2v) is 5.43. The summed E-state index contributed by atoms with van der Waals surface area (Å²) in [7, 11) is 0. The average molecular weight is 275 g/mol. The number of nitrogens with zero attached hydrogens (tertiary/aromatic N) is 2. The molecule has 1 aromatic rings. The number of aryl methyl sites for hydroxylation is 1. The summed E-state index contributed by atoms with van der Waals surface area (Å²) in [6, 6.07) is 4.39.